The van der Waals surface area contributed by atoms with Crippen molar-refractivity contribution in [2.45, 2.75) is 0 Å². The second-order valence-corrected chi connectivity index (χ2v) is 5.67. The Hall–Kier alpha value is -3.57. The maximum atomic E-state index is 12.3. The molecule has 0 amide bonds. The van der Waals surface area contributed by atoms with Crippen LogP contribution in [0.5, 0.6) is 5.75 Å². The van der Waals surface area contributed by atoms with Gasteiger partial charge in [0.25, 0.3) is 0 Å². The van der Waals surface area contributed by atoms with E-state index in [2.05, 4.69) is 11.8 Å². The minimum atomic E-state index is -0.0801. The molecule has 0 saturated carbocycles. The molecule has 1 aliphatic rings. The number of para-hydroxylation sites is 1. The number of fused-ring (bicyclic) bond motifs is 1. The second kappa shape index (κ2) is 6.51. The average Bonchev–Trinajstić information content (AvgIpc) is 2.98. The van der Waals surface area contributed by atoms with Gasteiger partial charge in [0.1, 0.15) is 5.75 Å². The molecular formula is C23H14O2. The highest BCUT2D eigenvalue weighted by atomic mass is 16.5. The molecule has 0 aromatic heterocycles. The average molecular weight is 322 g/mol. The smallest absolute Gasteiger partial charge is 0.231 e. The Balaban J connectivity index is 1.54. The van der Waals surface area contributed by atoms with Crippen molar-refractivity contribution in [3.8, 4) is 17.6 Å². The van der Waals surface area contributed by atoms with E-state index in [1.165, 1.54) is 0 Å². The van der Waals surface area contributed by atoms with Gasteiger partial charge in [0.15, 0.2) is 5.76 Å². The van der Waals surface area contributed by atoms with E-state index in [1.807, 2.05) is 66.7 Å². The van der Waals surface area contributed by atoms with Gasteiger partial charge >= 0.3 is 0 Å². The maximum Gasteiger partial charge on any atom is 0.231 e. The fraction of sp³-hybridized carbons (Fsp3) is 0. The summed E-state index contributed by atoms with van der Waals surface area (Å²) in [6.45, 7) is 0. The third-order valence-corrected chi connectivity index (χ3v) is 3.91. The first-order valence-electron chi connectivity index (χ1n) is 8.00. The molecule has 0 N–H and O–H groups in total. The fourth-order valence-corrected chi connectivity index (χ4v) is 2.62. The molecule has 4 rings (SSSR count). The van der Waals surface area contributed by atoms with E-state index >= 15 is 0 Å². The van der Waals surface area contributed by atoms with Crippen molar-refractivity contribution in [1.82, 2.24) is 0 Å². The molecule has 0 saturated heterocycles. The summed E-state index contributed by atoms with van der Waals surface area (Å²) in [6, 6.07) is 24.9. The molecule has 0 bridgehead atoms. The minimum absolute atomic E-state index is 0.0801. The van der Waals surface area contributed by atoms with Crippen LogP contribution in [0.15, 0.2) is 84.6 Å². The zero-order valence-electron chi connectivity index (χ0n) is 13.4. The highest BCUT2D eigenvalue weighted by molar-refractivity contribution is 6.14. The second-order valence-electron chi connectivity index (χ2n) is 5.67. The lowest BCUT2D eigenvalue weighted by atomic mass is 10.1. The SMILES string of the molecule is O=C1C(=Cc2ccc(C#Cc3ccccc3)cc2)Oc2ccccc21. The standard InChI is InChI=1S/C23H14O2/c24-23-20-8-4-5-9-21(20)25-22(23)16-19-14-12-18(13-15-19)11-10-17-6-2-1-3-7-17/h1-9,12-16H. The quantitative estimate of drug-likeness (QED) is 0.479. The minimum Gasteiger partial charge on any atom is -0.452 e. The van der Waals surface area contributed by atoms with Crippen molar-refractivity contribution in [2.24, 2.45) is 0 Å². The van der Waals surface area contributed by atoms with Gasteiger partial charge in [-0.3, -0.25) is 4.79 Å². The van der Waals surface area contributed by atoms with Crippen LogP contribution in [-0.4, -0.2) is 5.78 Å². The largest absolute Gasteiger partial charge is 0.452 e. The number of rotatable bonds is 1. The predicted octanol–water partition coefficient (Wildman–Crippen LogP) is 4.70. The number of allylic oxidation sites excluding steroid dienone is 1. The lowest BCUT2D eigenvalue weighted by Gasteiger charge is -1.99. The number of Topliss-reactive ketones (excluding diaryl/α,β-unsaturated/α-hetero) is 1. The van der Waals surface area contributed by atoms with Crippen molar-refractivity contribution >= 4 is 11.9 Å². The van der Waals surface area contributed by atoms with Gasteiger partial charge in [0.05, 0.1) is 5.56 Å². The van der Waals surface area contributed by atoms with Gasteiger partial charge in [0, 0.05) is 11.1 Å². The highest BCUT2D eigenvalue weighted by Gasteiger charge is 2.26. The van der Waals surface area contributed by atoms with Crippen LogP contribution in [0.3, 0.4) is 0 Å². The third kappa shape index (κ3) is 3.22. The van der Waals surface area contributed by atoms with E-state index in [-0.39, 0.29) is 5.78 Å². The van der Waals surface area contributed by atoms with Crippen molar-refractivity contribution < 1.29 is 9.53 Å². The summed E-state index contributed by atoms with van der Waals surface area (Å²) >= 11 is 0. The van der Waals surface area contributed by atoms with Crippen LogP contribution >= 0.6 is 0 Å². The predicted molar refractivity (Wildman–Crippen MR) is 98.2 cm³/mol. The Bertz CT molecular complexity index is 1020. The fourth-order valence-electron chi connectivity index (χ4n) is 2.62. The van der Waals surface area contributed by atoms with Crippen LogP contribution in [0.1, 0.15) is 27.0 Å². The van der Waals surface area contributed by atoms with E-state index in [1.54, 1.807) is 18.2 Å². The molecule has 118 valence electrons. The van der Waals surface area contributed by atoms with Crippen LogP contribution in [-0.2, 0) is 0 Å². The van der Waals surface area contributed by atoms with Gasteiger partial charge in [-0.15, -0.1) is 0 Å². The highest BCUT2D eigenvalue weighted by Crippen LogP contribution is 2.31. The van der Waals surface area contributed by atoms with Crippen LogP contribution in [0.25, 0.3) is 6.08 Å². The van der Waals surface area contributed by atoms with Gasteiger partial charge in [-0.25, -0.2) is 0 Å². The van der Waals surface area contributed by atoms with Crippen LogP contribution in [0.2, 0.25) is 0 Å². The summed E-state index contributed by atoms with van der Waals surface area (Å²) in [5.41, 5.74) is 3.42. The zero-order valence-corrected chi connectivity index (χ0v) is 13.4. The molecule has 1 heterocycles. The molecule has 0 spiro atoms. The first-order valence-corrected chi connectivity index (χ1v) is 8.00. The van der Waals surface area contributed by atoms with Gasteiger partial charge in [-0.2, -0.15) is 0 Å². The zero-order chi connectivity index (χ0) is 17.1. The molecule has 25 heavy (non-hydrogen) atoms. The Labute approximate surface area is 146 Å². The normalized spacial score (nSPS) is 13.8. The molecular weight excluding hydrogens is 308 g/mol. The Kier molecular flexibility index (Phi) is 3.90. The number of carbonyl (C=O) groups excluding carboxylic acids is 1. The number of hydrogen-bond acceptors (Lipinski definition) is 2. The van der Waals surface area contributed by atoms with E-state index in [9.17, 15) is 4.79 Å². The third-order valence-electron chi connectivity index (χ3n) is 3.91. The lowest BCUT2D eigenvalue weighted by molar-refractivity contribution is 0.101. The Morgan fingerprint density at radius 1 is 0.720 bits per heavy atom. The summed E-state index contributed by atoms with van der Waals surface area (Å²) in [5, 5.41) is 0. The first-order chi connectivity index (χ1) is 12.3. The summed E-state index contributed by atoms with van der Waals surface area (Å²) < 4.78 is 5.64. The Morgan fingerprint density at radius 2 is 1.36 bits per heavy atom. The van der Waals surface area contributed by atoms with Gasteiger partial charge in [0.2, 0.25) is 5.78 Å². The summed E-state index contributed by atoms with van der Waals surface area (Å²) in [4.78, 5) is 12.3. The number of ketones is 1. The van der Waals surface area contributed by atoms with Gasteiger partial charge < -0.3 is 4.74 Å². The van der Waals surface area contributed by atoms with Gasteiger partial charge in [-0.05, 0) is 48.0 Å². The van der Waals surface area contributed by atoms with E-state index in [4.69, 9.17) is 4.74 Å². The Morgan fingerprint density at radius 3 is 2.08 bits per heavy atom. The molecule has 2 heteroatoms. The molecule has 3 aromatic rings. The maximum absolute atomic E-state index is 12.3. The molecule has 2 nitrogen and oxygen atoms in total. The van der Waals surface area contributed by atoms with Crippen LogP contribution < -0.4 is 4.74 Å². The van der Waals surface area contributed by atoms with Crippen LogP contribution in [0.4, 0.5) is 0 Å². The molecule has 0 unspecified atom stereocenters. The lowest BCUT2D eigenvalue weighted by Crippen LogP contribution is -1.97. The van der Waals surface area contributed by atoms with Crippen molar-refractivity contribution in [3.63, 3.8) is 0 Å². The number of carbonyl (C=O) groups is 1. The molecule has 0 fully saturated rings. The first kappa shape index (κ1) is 15.0. The van der Waals surface area contributed by atoms with Gasteiger partial charge in [-0.1, -0.05) is 54.3 Å². The summed E-state index contributed by atoms with van der Waals surface area (Å²) in [7, 11) is 0. The van der Waals surface area contributed by atoms with E-state index in [0.717, 1.165) is 16.7 Å². The van der Waals surface area contributed by atoms with Crippen molar-refractivity contribution in [2.75, 3.05) is 0 Å². The number of ether oxygens (including phenoxy) is 1. The van der Waals surface area contributed by atoms with Crippen molar-refractivity contribution in [3.05, 3.63) is 107 Å². The van der Waals surface area contributed by atoms with Crippen molar-refractivity contribution in [1.29, 1.82) is 0 Å². The summed E-state index contributed by atoms with van der Waals surface area (Å²) in [6.07, 6.45) is 1.76. The molecule has 0 radical (unpaired) electrons. The molecule has 0 aliphatic carbocycles. The molecule has 1 aliphatic heterocycles. The van der Waals surface area contributed by atoms with Crippen LogP contribution in [0, 0.1) is 11.8 Å². The number of hydrogen-bond donors (Lipinski definition) is 0. The summed E-state index contributed by atoms with van der Waals surface area (Å²) in [5.74, 6) is 7.15. The monoisotopic (exact) mass is 322 g/mol. The van der Waals surface area contributed by atoms with E-state index < -0.39 is 0 Å². The molecule has 0 atom stereocenters. The topological polar surface area (TPSA) is 26.3 Å². The number of benzene rings is 3. The van der Waals surface area contributed by atoms with E-state index in [0.29, 0.717) is 17.1 Å². The molecule has 3 aromatic carbocycles.